The largest absolute Gasteiger partial charge is 0.301 e. The molecule has 2 heteroatoms. The number of rotatable bonds is 3. The summed E-state index contributed by atoms with van der Waals surface area (Å²) in [4.78, 5) is 0. The average molecular weight is 484 g/mol. The molecule has 0 aromatic heterocycles. The van der Waals surface area contributed by atoms with Crippen LogP contribution in [0.5, 0.6) is 0 Å². The molecular formula is C34H26ClN. The Hall–Kier alpha value is -3.65. The quantitative estimate of drug-likeness (QED) is 0.271. The minimum Gasteiger partial charge on any atom is -0.301 e. The molecule has 1 saturated heterocycles. The van der Waals surface area contributed by atoms with Gasteiger partial charge in [0.05, 0.1) is 0 Å². The fraction of sp³-hybridized carbons (Fsp3) is 0.118. The molecule has 0 amide bonds. The lowest BCUT2D eigenvalue weighted by Gasteiger charge is -2.40. The zero-order valence-corrected chi connectivity index (χ0v) is 20.6. The second-order valence-corrected chi connectivity index (χ2v) is 10.3. The zero-order chi connectivity index (χ0) is 24.1. The van der Waals surface area contributed by atoms with Gasteiger partial charge in [0.15, 0.2) is 0 Å². The van der Waals surface area contributed by atoms with Gasteiger partial charge in [-0.25, -0.2) is 0 Å². The number of fused-ring (bicyclic) bond motifs is 5. The number of hydrogen-bond acceptors (Lipinski definition) is 1. The normalized spacial score (nSPS) is 21.3. The van der Waals surface area contributed by atoms with Crippen LogP contribution in [0.1, 0.15) is 45.8 Å². The minimum atomic E-state index is -0.289. The highest BCUT2D eigenvalue weighted by Gasteiger charge is 2.61. The first-order valence-electron chi connectivity index (χ1n) is 12.6. The van der Waals surface area contributed by atoms with E-state index in [1.165, 1.54) is 38.9 Å². The van der Waals surface area contributed by atoms with E-state index >= 15 is 0 Å². The summed E-state index contributed by atoms with van der Waals surface area (Å²) in [5.74, 6) is 0.159. The van der Waals surface area contributed by atoms with Crippen LogP contribution < -0.4 is 5.32 Å². The summed E-state index contributed by atoms with van der Waals surface area (Å²) < 4.78 is 0. The van der Waals surface area contributed by atoms with Gasteiger partial charge >= 0.3 is 0 Å². The van der Waals surface area contributed by atoms with Crippen molar-refractivity contribution < 1.29 is 0 Å². The molecule has 0 saturated carbocycles. The van der Waals surface area contributed by atoms with Crippen LogP contribution >= 0.6 is 11.6 Å². The molecule has 1 nitrogen and oxygen atoms in total. The van der Waals surface area contributed by atoms with Crippen molar-refractivity contribution in [2.45, 2.75) is 23.4 Å². The van der Waals surface area contributed by atoms with Crippen LogP contribution in [0.4, 0.5) is 0 Å². The van der Waals surface area contributed by atoms with E-state index in [1.807, 2.05) is 12.1 Å². The molecule has 1 aliphatic heterocycles. The Kier molecular flexibility index (Phi) is 5.09. The summed E-state index contributed by atoms with van der Waals surface area (Å²) in [5, 5.41) is 4.93. The van der Waals surface area contributed by atoms with Crippen molar-refractivity contribution in [3.63, 3.8) is 0 Å². The van der Waals surface area contributed by atoms with Crippen LogP contribution in [-0.4, -0.2) is 0 Å². The lowest BCUT2D eigenvalue weighted by molar-refractivity contribution is 0.420. The fourth-order valence-electron chi connectivity index (χ4n) is 6.88. The van der Waals surface area contributed by atoms with E-state index in [0.29, 0.717) is 0 Å². The maximum absolute atomic E-state index is 6.39. The molecule has 1 N–H and O–H groups in total. The first kappa shape index (κ1) is 21.6. The lowest BCUT2D eigenvalue weighted by Crippen LogP contribution is -2.36. The molecule has 7 rings (SSSR count). The Morgan fingerprint density at radius 1 is 0.500 bits per heavy atom. The standard InChI is InChI=1S/C34H26ClN/c35-26-21-19-23(20-22-26)31-32(24-11-3-1-4-12-24)36-33(25-13-5-2-6-14-25)34(31)29-17-9-7-15-27(29)28-16-8-10-18-30(28)34/h1-22,31-33,36H/t31-,32+,33+/m1/s1. The topological polar surface area (TPSA) is 12.0 Å². The van der Waals surface area contributed by atoms with E-state index < -0.39 is 0 Å². The highest BCUT2D eigenvalue weighted by molar-refractivity contribution is 6.30. The molecule has 174 valence electrons. The monoisotopic (exact) mass is 483 g/mol. The van der Waals surface area contributed by atoms with Gasteiger partial charge in [0, 0.05) is 28.4 Å². The molecule has 36 heavy (non-hydrogen) atoms. The fourth-order valence-corrected chi connectivity index (χ4v) is 7.00. The summed E-state index contributed by atoms with van der Waals surface area (Å²) in [5.41, 5.74) is 9.08. The van der Waals surface area contributed by atoms with Crippen LogP contribution in [0.3, 0.4) is 0 Å². The molecule has 1 fully saturated rings. The van der Waals surface area contributed by atoms with Gasteiger partial charge < -0.3 is 5.32 Å². The first-order valence-corrected chi connectivity index (χ1v) is 13.0. The molecule has 2 aliphatic rings. The molecule has 0 unspecified atom stereocenters. The van der Waals surface area contributed by atoms with Gasteiger partial charge in [0.25, 0.3) is 0 Å². The smallest absolute Gasteiger partial charge is 0.0496 e. The van der Waals surface area contributed by atoms with Crippen molar-refractivity contribution in [2.75, 3.05) is 0 Å². The van der Waals surface area contributed by atoms with E-state index in [4.69, 9.17) is 11.6 Å². The summed E-state index contributed by atoms with van der Waals surface area (Å²) >= 11 is 6.39. The molecule has 5 aromatic carbocycles. The second-order valence-electron chi connectivity index (χ2n) is 9.89. The highest BCUT2D eigenvalue weighted by Crippen LogP contribution is 2.67. The minimum absolute atomic E-state index is 0.0920. The van der Waals surface area contributed by atoms with Gasteiger partial charge in [-0.15, -0.1) is 0 Å². The van der Waals surface area contributed by atoms with Crippen LogP contribution in [0.25, 0.3) is 11.1 Å². The predicted octanol–water partition coefficient (Wildman–Crippen LogP) is 8.48. The molecule has 5 aromatic rings. The Bertz CT molecular complexity index is 1480. The van der Waals surface area contributed by atoms with Crippen LogP contribution in [0.2, 0.25) is 5.02 Å². The molecule has 1 aliphatic carbocycles. The lowest BCUT2D eigenvalue weighted by atomic mass is 9.61. The maximum Gasteiger partial charge on any atom is 0.0496 e. The van der Waals surface area contributed by atoms with Crippen molar-refractivity contribution >= 4 is 11.6 Å². The van der Waals surface area contributed by atoms with Crippen molar-refractivity contribution in [1.82, 2.24) is 5.32 Å². The van der Waals surface area contributed by atoms with Crippen LogP contribution in [0.15, 0.2) is 133 Å². The third-order valence-electron chi connectivity index (χ3n) is 8.18. The predicted molar refractivity (Wildman–Crippen MR) is 148 cm³/mol. The Balaban J connectivity index is 1.60. The van der Waals surface area contributed by atoms with E-state index in [0.717, 1.165) is 5.02 Å². The SMILES string of the molecule is Clc1ccc([C@@H]2[C@H](c3ccccc3)N[C@@H](c3ccccc3)C23c2ccccc2-c2ccccc23)cc1. The number of benzene rings is 5. The Morgan fingerprint density at radius 2 is 1.00 bits per heavy atom. The number of halogens is 1. The molecular weight excluding hydrogens is 458 g/mol. The van der Waals surface area contributed by atoms with Crippen molar-refractivity contribution in [2.24, 2.45) is 0 Å². The summed E-state index contributed by atoms with van der Waals surface area (Å²) in [7, 11) is 0. The molecule has 1 heterocycles. The summed E-state index contributed by atoms with van der Waals surface area (Å²) in [6.45, 7) is 0. The van der Waals surface area contributed by atoms with Crippen molar-refractivity contribution in [3.8, 4) is 11.1 Å². The van der Waals surface area contributed by atoms with Crippen molar-refractivity contribution in [3.05, 3.63) is 166 Å². The Labute approximate surface area is 217 Å². The van der Waals surface area contributed by atoms with E-state index in [2.05, 4.69) is 127 Å². The highest BCUT2D eigenvalue weighted by atomic mass is 35.5. The van der Waals surface area contributed by atoms with Gasteiger partial charge in [0.2, 0.25) is 0 Å². The van der Waals surface area contributed by atoms with Gasteiger partial charge in [-0.1, -0.05) is 133 Å². The second kappa shape index (κ2) is 8.48. The Morgan fingerprint density at radius 3 is 1.58 bits per heavy atom. The average Bonchev–Trinajstić information content (AvgIpc) is 3.45. The van der Waals surface area contributed by atoms with Crippen molar-refractivity contribution in [1.29, 1.82) is 0 Å². The van der Waals surface area contributed by atoms with Gasteiger partial charge in [-0.2, -0.15) is 0 Å². The van der Waals surface area contributed by atoms with E-state index in [1.54, 1.807) is 0 Å². The van der Waals surface area contributed by atoms with E-state index in [9.17, 15) is 0 Å². The van der Waals surface area contributed by atoms with Crippen LogP contribution in [0, 0.1) is 0 Å². The summed E-state index contributed by atoms with van der Waals surface area (Å²) in [6, 6.07) is 48.6. The van der Waals surface area contributed by atoms with Gasteiger partial charge in [-0.3, -0.25) is 0 Å². The number of hydrogen-bond donors (Lipinski definition) is 1. The zero-order valence-electron chi connectivity index (χ0n) is 19.8. The molecule has 1 spiro atoms. The third kappa shape index (κ3) is 3.07. The number of nitrogens with one attached hydrogen (secondary N) is 1. The van der Waals surface area contributed by atoms with Gasteiger partial charge in [-0.05, 0) is 51.1 Å². The third-order valence-corrected chi connectivity index (χ3v) is 8.43. The summed E-state index contributed by atoms with van der Waals surface area (Å²) in [6.07, 6.45) is 0. The molecule has 0 bridgehead atoms. The van der Waals surface area contributed by atoms with Crippen LogP contribution in [-0.2, 0) is 5.41 Å². The van der Waals surface area contributed by atoms with E-state index in [-0.39, 0.29) is 23.4 Å². The van der Waals surface area contributed by atoms with Gasteiger partial charge in [0.1, 0.15) is 0 Å². The molecule has 0 radical (unpaired) electrons. The molecule has 3 atom stereocenters. The maximum atomic E-state index is 6.39. The first-order chi connectivity index (χ1) is 17.8.